The summed E-state index contributed by atoms with van der Waals surface area (Å²) < 4.78 is 0. The molecule has 46 heavy (non-hydrogen) atoms. The predicted octanol–water partition coefficient (Wildman–Crippen LogP) is 3.87. The predicted molar refractivity (Wildman–Crippen MR) is 173 cm³/mol. The topological polar surface area (TPSA) is 202 Å². The van der Waals surface area contributed by atoms with Gasteiger partial charge in [-0.05, 0) is 93.0 Å². The number of anilines is 2. The zero-order valence-corrected chi connectivity index (χ0v) is 26.3. The quantitative estimate of drug-likeness (QED) is 0.109. The molecule has 2 aromatic rings. The van der Waals surface area contributed by atoms with Gasteiger partial charge in [-0.2, -0.15) is 0 Å². The molecule has 2 aliphatic heterocycles. The molecule has 8 N–H and O–H groups in total. The molecule has 0 atom stereocenters. The maximum atomic E-state index is 12.2. The van der Waals surface area contributed by atoms with Crippen molar-refractivity contribution in [1.82, 2.24) is 31.1 Å². The van der Waals surface area contributed by atoms with Crippen LogP contribution in [0.2, 0.25) is 0 Å². The smallest absolute Gasteiger partial charge is 0.321 e. The number of nitrogens with two attached hydrogens (primary N) is 1. The Labute approximate surface area is 270 Å². The number of hydrogen-bond donors (Lipinski definition) is 7. The zero-order chi connectivity index (χ0) is 33.1. The van der Waals surface area contributed by atoms with E-state index in [1.165, 1.54) is 0 Å². The fourth-order valence-corrected chi connectivity index (χ4v) is 5.67. The van der Waals surface area contributed by atoms with Crippen LogP contribution in [0, 0.1) is 11.8 Å². The van der Waals surface area contributed by atoms with Crippen molar-refractivity contribution in [2.24, 2.45) is 11.8 Å². The van der Waals surface area contributed by atoms with Crippen molar-refractivity contribution in [3.63, 3.8) is 0 Å². The Morgan fingerprint density at radius 2 is 1.37 bits per heavy atom. The molecule has 0 radical (unpaired) electrons. The van der Waals surface area contributed by atoms with Crippen LogP contribution in [0.15, 0.2) is 48.8 Å². The Hall–Kier alpha value is -4.43. The van der Waals surface area contributed by atoms with Gasteiger partial charge in [0.15, 0.2) is 0 Å². The first-order chi connectivity index (χ1) is 22.3. The molecule has 4 rings (SSSR count). The highest BCUT2D eigenvalue weighted by Crippen LogP contribution is 2.24. The van der Waals surface area contributed by atoms with Gasteiger partial charge in [-0.25, -0.2) is 20.5 Å². The van der Waals surface area contributed by atoms with Gasteiger partial charge in [0.05, 0.1) is 0 Å². The number of hydrogen-bond acceptors (Lipinski definition) is 8. The fraction of sp³-hybridized carbons (Fsp3) is 0.531. The molecule has 2 fully saturated rings. The summed E-state index contributed by atoms with van der Waals surface area (Å²) in [5.41, 5.74) is 11.3. The highest BCUT2D eigenvalue weighted by Gasteiger charge is 2.24. The lowest BCUT2D eigenvalue weighted by Gasteiger charge is -2.32. The molecule has 0 aliphatic carbocycles. The average Bonchev–Trinajstić information content (AvgIpc) is 3.08. The number of carbonyl (C=O) groups excluding carboxylic acids is 4. The van der Waals surface area contributed by atoms with E-state index in [1.54, 1.807) is 46.5 Å². The van der Waals surface area contributed by atoms with Crippen molar-refractivity contribution < 1.29 is 29.6 Å². The minimum Gasteiger partial charge on any atom is -0.399 e. The van der Waals surface area contributed by atoms with E-state index in [4.69, 9.17) is 16.1 Å². The summed E-state index contributed by atoms with van der Waals surface area (Å²) in [6, 6.07) is 10.8. The van der Waals surface area contributed by atoms with Crippen LogP contribution in [0.4, 0.5) is 21.0 Å². The molecule has 0 spiro atoms. The van der Waals surface area contributed by atoms with Gasteiger partial charge in [0, 0.05) is 69.3 Å². The molecule has 0 saturated carbocycles. The van der Waals surface area contributed by atoms with Crippen LogP contribution in [-0.2, 0) is 16.1 Å². The van der Waals surface area contributed by atoms with Crippen LogP contribution in [-0.4, -0.2) is 75.3 Å². The van der Waals surface area contributed by atoms with Crippen molar-refractivity contribution in [2.75, 3.05) is 37.2 Å². The van der Waals surface area contributed by atoms with E-state index < -0.39 is 0 Å². The van der Waals surface area contributed by atoms with Crippen molar-refractivity contribution in [1.29, 1.82) is 0 Å². The number of amides is 6. The molecule has 14 heteroatoms. The van der Waals surface area contributed by atoms with Gasteiger partial charge < -0.3 is 26.2 Å². The van der Waals surface area contributed by atoms with E-state index in [9.17, 15) is 19.2 Å². The highest BCUT2D eigenvalue weighted by molar-refractivity contribution is 5.89. The number of likely N-dealkylation sites (tertiary alicyclic amines) is 2. The van der Waals surface area contributed by atoms with Crippen LogP contribution in [0.3, 0.4) is 0 Å². The molecule has 252 valence electrons. The Kier molecular flexibility index (Phi) is 15.6. The summed E-state index contributed by atoms with van der Waals surface area (Å²) >= 11 is 0. The molecule has 14 nitrogen and oxygen atoms in total. The summed E-state index contributed by atoms with van der Waals surface area (Å²) in [7, 11) is 0. The molecule has 0 bridgehead atoms. The monoisotopic (exact) mass is 640 g/mol. The molecular weight excluding hydrogens is 592 g/mol. The minimum absolute atomic E-state index is 0.0352. The Bertz CT molecular complexity index is 1230. The van der Waals surface area contributed by atoms with Crippen LogP contribution >= 0.6 is 0 Å². The van der Waals surface area contributed by atoms with Crippen molar-refractivity contribution in [3.8, 4) is 0 Å². The molecule has 1 aromatic heterocycles. The number of nitrogens with one attached hydrogen (secondary N) is 4. The van der Waals surface area contributed by atoms with Gasteiger partial charge in [0.1, 0.15) is 0 Å². The second-order valence-electron chi connectivity index (χ2n) is 11.8. The lowest BCUT2D eigenvalue weighted by Crippen LogP contribution is -2.44. The number of pyridine rings is 1. The summed E-state index contributed by atoms with van der Waals surface area (Å²) in [6.45, 7) is 3.41. The van der Waals surface area contributed by atoms with E-state index in [1.807, 2.05) is 23.1 Å². The number of nitrogens with zero attached hydrogens (tertiary/aromatic N) is 3. The van der Waals surface area contributed by atoms with E-state index in [-0.39, 0.29) is 23.9 Å². The van der Waals surface area contributed by atoms with Crippen LogP contribution in [0.25, 0.3) is 0 Å². The van der Waals surface area contributed by atoms with Gasteiger partial charge in [-0.1, -0.05) is 12.1 Å². The van der Waals surface area contributed by atoms with Crippen molar-refractivity contribution in [3.05, 3.63) is 54.4 Å². The Morgan fingerprint density at radius 3 is 1.87 bits per heavy atom. The van der Waals surface area contributed by atoms with Crippen LogP contribution < -0.4 is 27.3 Å². The van der Waals surface area contributed by atoms with Gasteiger partial charge in [0.2, 0.25) is 11.8 Å². The van der Waals surface area contributed by atoms with Gasteiger partial charge in [-0.15, -0.1) is 0 Å². The first-order valence-electron chi connectivity index (χ1n) is 16.0. The van der Waals surface area contributed by atoms with Gasteiger partial charge in [0.25, 0.3) is 0 Å². The second-order valence-corrected chi connectivity index (χ2v) is 11.8. The van der Waals surface area contributed by atoms with E-state index in [2.05, 4.69) is 15.6 Å². The minimum atomic E-state index is -0.344. The molecule has 3 heterocycles. The maximum Gasteiger partial charge on any atom is 0.321 e. The summed E-state index contributed by atoms with van der Waals surface area (Å²) in [4.78, 5) is 53.9. The normalized spacial score (nSPS) is 15.3. The highest BCUT2D eigenvalue weighted by atomic mass is 16.5. The fourth-order valence-electron chi connectivity index (χ4n) is 5.67. The van der Waals surface area contributed by atoms with E-state index in [0.29, 0.717) is 55.7 Å². The Balaban J connectivity index is 0.000000250. The van der Waals surface area contributed by atoms with E-state index in [0.717, 1.165) is 70.0 Å². The largest absolute Gasteiger partial charge is 0.399 e. The molecule has 0 unspecified atom stereocenters. The summed E-state index contributed by atoms with van der Waals surface area (Å²) in [5.74, 6) is 0.392. The second kappa shape index (κ2) is 19.9. The zero-order valence-electron chi connectivity index (χ0n) is 26.3. The van der Waals surface area contributed by atoms with Crippen LogP contribution in [0.5, 0.6) is 0 Å². The third-order valence-corrected chi connectivity index (χ3v) is 8.39. The number of urea groups is 2. The first-order valence-corrected chi connectivity index (χ1v) is 16.0. The van der Waals surface area contributed by atoms with Gasteiger partial charge >= 0.3 is 12.1 Å². The molecular formula is C32H48N8O6. The first kappa shape index (κ1) is 36.0. The average molecular weight is 641 g/mol. The third-order valence-electron chi connectivity index (χ3n) is 8.39. The van der Waals surface area contributed by atoms with E-state index >= 15 is 0 Å². The third kappa shape index (κ3) is 13.3. The molecule has 2 saturated heterocycles. The Morgan fingerprint density at radius 1 is 0.804 bits per heavy atom. The standard InChI is InChI=1S/2C16H24N4O3/c17-13-4-2-5-14(11-13)18-16(22)20-9-7-12(8-10-20)3-1-6-15(21)19-23;21-15(19-23)5-1-3-13-6-9-20(10-7-13)16(22)18-12-14-4-2-8-17-11-14/h2,4-5,11-12,23H,1,3,6-10,17H2,(H,18,22)(H,19,21);2,4,8,11,13,23H,1,3,5-7,9-10,12H2,(H,18,22)(H,19,21). The SMILES string of the molecule is Nc1cccc(NC(=O)N2CCC(CCCC(=O)NO)CC2)c1.O=C(CCCC1CCN(C(=O)NCc2cccnc2)CC1)NO. The number of aromatic nitrogens is 1. The molecule has 1 aromatic carbocycles. The number of piperidine rings is 2. The maximum absolute atomic E-state index is 12.2. The summed E-state index contributed by atoms with van der Waals surface area (Å²) in [6.07, 6.45) is 11.4. The number of nitrogen functional groups attached to an aromatic ring is 1. The van der Waals surface area contributed by atoms with Crippen molar-refractivity contribution >= 4 is 35.3 Å². The number of rotatable bonds is 11. The molecule has 6 amide bonds. The lowest BCUT2D eigenvalue weighted by molar-refractivity contribution is -0.130. The summed E-state index contributed by atoms with van der Waals surface area (Å²) in [5, 5.41) is 22.7. The number of carbonyl (C=O) groups is 4. The van der Waals surface area contributed by atoms with Gasteiger partial charge in [-0.3, -0.25) is 25.0 Å². The van der Waals surface area contributed by atoms with Crippen molar-refractivity contribution in [2.45, 2.75) is 70.8 Å². The lowest BCUT2D eigenvalue weighted by atomic mass is 9.91. The van der Waals surface area contributed by atoms with Crippen LogP contribution in [0.1, 0.15) is 69.8 Å². The molecule has 2 aliphatic rings. The number of benzene rings is 1. The number of hydroxylamine groups is 2.